The van der Waals surface area contributed by atoms with E-state index in [9.17, 15) is 0 Å². The van der Waals surface area contributed by atoms with Crippen LogP contribution in [0.1, 0.15) is 47.2 Å². The average Bonchev–Trinajstić information content (AvgIpc) is 1.53. The molecule has 2 aliphatic carbocycles. The van der Waals surface area contributed by atoms with Gasteiger partial charge in [0.25, 0.3) is 0 Å². The molecule has 0 spiro atoms. The van der Waals surface area contributed by atoms with E-state index in [-0.39, 0.29) is 5.41 Å². The van der Waals surface area contributed by atoms with Gasteiger partial charge >= 0.3 is 0 Å². The van der Waals surface area contributed by atoms with E-state index in [1.54, 1.807) is 0 Å². The number of benzene rings is 17. The van der Waals surface area contributed by atoms with Crippen LogP contribution in [-0.2, 0) is 10.8 Å². The molecule has 2 heterocycles. The highest BCUT2D eigenvalue weighted by atomic mass is 32.1. The summed E-state index contributed by atoms with van der Waals surface area (Å²) in [5.41, 5.74) is 34.4. The topological polar surface area (TPSA) is 19.6 Å². The van der Waals surface area contributed by atoms with Gasteiger partial charge in [-0.05, 0) is 196 Å². The fourth-order valence-corrected chi connectivity index (χ4v) is 19.3. The molecule has 0 N–H and O–H groups in total. The van der Waals surface area contributed by atoms with Crippen molar-refractivity contribution >= 4 is 87.6 Å². The van der Waals surface area contributed by atoms with Gasteiger partial charge in [0.15, 0.2) is 0 Å². The number of furan rings is 1. The molecule has 0 amide bonds. The second kappa shape index (κ2) is 26.1. The first-order valence-electron chi connectivity index (χ1n) is 38.0. The third-order valence-corrected chi connectivity index (χ3v) is 24.6. The number of fused-ring (bicyclic) bond motifs is 12. The van der Waals surface area contributed by atoms with E-state index in [2.05, 4.69) is 418 Å². The zero-order valence-corrected chi connectivity index (χ0v) is 61.6. The van der Waals surface area contributed by atoms with E-state index in [4.69, 9.17) is 4.42 Å². The highest BCUT2D eigenvalue weighted by Gasteiger charge is 2.48. The molecule has 0 radical (unpaired) electrons. The van der Waals surface area contributed by atoms with Crippen LogP contribution in [0.5, 0.6) is 0 Å². The van der Waals surface area contributed by atoms with Gasteiger partial charge in [-0.2, -0.15) is 0 Å². The summed E-state index contributed by atoms with van der Waals surface area (Å²) in [5, 5.41) is 4.79. The SMILES string of the molecule is CC1(C)c2cc(-c3ccc4c(c3)sc3c(-c5ccc(N(c6ccc(-c7ccc(-c8ccccc8)cc7)cc6)c6ccc(-c7cccc8c7oc7ccccc78)cc6)cc5)cccc34)ccc2-c2ccc(N(c3ccc(-c4ccccc4)cc3)c3cccc4c3-c3ccccc3C4(c3ccccc3)c3ccccc3)cc21. The summed E-state index contributed by atoms with van der Waals surface area (Å²) in [4.78, 5) is 4.89. The molecule has 17 aromatic carbocycles. The van der Waals surface area contributed by atoms with Crippen molar-refractivity contribution in [1.82, 2.24) is 0 Å². The van der Waals surface area contributed by atoms with Crippen molar-refractivity contribution in [2.45, 2.75) is 24.7 Å². The molecule has 518 valence electrons. The lowest BCUT2D eigenvalue weighted by Crippen LogP contribution is -2.28. The summed E-state index contributed by atoms with van der Waals surface area (Å²) < 4.78 is 9.09. The van der Waals surface area contributed by atoms with Crippen LogP contribution in [0.25, 0.3) is 131 Å². The van der Waals surface area contributed by atoms with Gasteiger partial charge < -0.3 is 14.2 Å². The summed E-state index contributed by atoms with van der Waals surface area (Å²) in [7, 11) is 0. The third-order valence-electron chi connectivity index (χ3n) is 23.4. The van der Waals surface area contributed by atoms with Gasteiger partial charge in [0, 0.05) is 75.9 Å². The van der Waals surface area contributed by atoms with E-state index in [1.165, 1.54) is 126 Å². The first-order valence-corrected chi connectivity index (χ1v) is 38.8. The molecule has 0 atom stereocenters. The number of nitrogens with zero attached hydrogens (tertiary/aromatic N) is 2. The Hall–Kier alpha value is -13.6. The molecule has 0 aliphatic heterocycles. The zero-order chi connectivity index (χ0) is 73.0. The van der Waals surface area contributed by atoms with Crippen molar-refractivity contribution < 1.29 is 4.42 Å². The molecule has 19 aromatic rings. The number of thiophene rings is 1. The predicted octanol–water partition coefficient (Wildman–Crippen LogP) is 29.6. The Bertz CT molecular complexity index is 6700. The Kier molecular flexibility index (Phi) is 15.4. The second-order valence-corrected chi connectivity index (χ2v) is 30.8. The fourth-order valence-electron chi connectivity index (χ4n) is 18.1. The summed E-state index contributed by atoms with van der Waals surface area (Å²) in [6.07, 6.45) is 0. The monoisotopic (exact) mass is 1420 g/mol. The highest BCUT2D eigenvalue weighted by Crippen LogP contribution is 2.61. The van der Waals surface area contributed by atoms with E-state index in [0.717, 1.165) is 72.8 Å². The molecule has 0 fully saturated rings. The Morgan fingerprint density at radius 3 is 1.29 bits per heavy atom. The van der Waals surface area contributed by atoms with Crippen molar-refractivity contribution in [3.63, 3.8) is 0 Å². The van der Waals surface area contributed by atoms with Crippen LogP contribution < -0.4 is 9.80 Å². The number of anilines is 6. The van der Waals surface area contributed by atoms with E-state index >= 15 is 0 Å². The van der Waals surface area contributed by atoms with E-state index in [1.807, 2.05) is 17.4 Å². The summed E-state index contributed by atoms with van der Waals surface area (Å²) in [5.74, 6) is 0. The van der Waals surface area contributed by atoms with Crippen LogP contribution in [0, 0.1) is 0 Å². The molecule has 0 saturated heterocycles. The van der Waals surface area contributed by atoms with Gasteiger partial charge in [-0.3, -0.25) is 0 Å². The molecule has 0 bridgehead atoms. The van der Waals surface area contributed by atoms with Gasteiger partial charge in [-0.15, -0.1) is 11.3 Å². The molecular weight excluding hydrogens is 1350 g/mol. The molecule has 110 heavy (non-hydrogen) atoms. The Morgan fingerprint density at radius 2 is 0.673 bits per heavy atom. The van der Waals surface area contributed by atoms with Crippen molar-refractivity contribution in [3.05, 3.63) is 434 Å². The molecule has 0 unspecified atom stereocenters. The van der Waals surface area contributed by atoms with Gasteiger partial charge in [0.2, 0.25) is 0 Å². The smallest absolute Gasteiger partial charge is 0.143 e. The molecule has 3 nitrogen and oxygen atoms in total. The molecule has 21 rings (SSSR count). The number of hydrogen-bond donors (Lipinski definition) is 0. The maximum absolute atomic E-state index is 6.53. The largest absolute Gasteiger partial charge is 0.455 e. The third kappa shape index (κ3) is 10.5. The van der Waals surface area contributed by atoms with Crippen LogP contribution >= 0.6 is 11.3 Å². The fraction of sp³-hybridized carbons (Fsp3) is 0.0377. The average molecular weight is 1420 g/mol. The Balaban J connectivity index is 0.611. The van der Waals surface area contributed by atoms with Crippen LogP contribution in [0.3, 0.4) is 0 Å². The minimum absolute atomic E-state index is 0.317. The van der Waals surface area contributed by atoms with Crippen molar-refractivity contribution in [1.29, 1.82) is 0 Å². The van der Waals surface area contributed by atoms with Crippen molar-refractivity contribution in [3.8, 4) is 89.0 Å². The number of rotatable bonds is 14. The van der Waals surface area contributed by atoms with Gasteiger partial charge in [0.05, 0.1) is 11.1 Å². The highest BCUT2D eigenvalue weighted by molar-refractivity contribution is 7.26. The lowest BCUT2D eigenvalue weighted by Gasteiger charge is -2.34. The maximum Gasteiger partial charge on any atom is 0.143 e. The minimum Gasteiger partial charge on any atom is -0.455 e. The van der Waals surface area contributed by atoms with Crippen LogP contribution in [0.15, 0.2) is 405 Å². The van der Waals surface area contributed by atoms with Gasteiger partial charge in [-0.25, -0.2) is 0 Å². The van der Waals surface area contributed by atoms with Gasteiger partial charge in [0.1, 0.15) is 11.2 Å². The minimum atomic E-state index is -0.546. The molecule has 2 aromatic heterocycles. The first-order chi connectivity index (χ1) is 54.3. The normalized spacial score (nSPS) is 13.0. The van der Waals surface area contributed by atoms with E-state index < -0.39 is 5.41 Å². The first kappa shape index (κ1) is 64.7. The lowest BCUT2D eigenvalue weighted by molar-refractivity contribution is 0.660. The summed E-state index contributed by atoms with van der Waals surface area (Å²) in [6.45, 7) is 4.84. The van der Waals surface area contributed by atoms with Crippen LogP contribution in [0.4, 0.5) is 34.1 Å². The van der Waals surface area contributed by atoms with E-state index in [0.29, 0.717) is 0 Å². The van der Waals surface area contributed by atoms with Crippen LogP contribution in [0.2, 0.25) is 0 Å². The van der Waals surface area contributed by atoms with Crippen LogP contribution in [-0.4, -0.2) is 0 Å². The quantitative estimate of drug-likeness (QED) is 0.108. The Labute approximate surface area is 644 Å². The van der Waals surface area contributed by atoms with Crippen molar-refractivity contribution in [2.75, 3.05) is 9.80 Å². The second-order valence-electron chi connectivity index (χ2n) is 29.8. The summed E-state index contributed by atoms with van der Waals surface area (Å²) >= 11 is 1.89. The Morgan fingerprint density at radius 1 is 0.255 bits per heavy atom. The van der Waals surface area contributed by atoms with Gasteiger partial charge in [-0.1, -0.05) is 329 Å². The number of para-hydroxylation sites is 2. The molecule has 0 saturated carbocycles. The zero-order valence-electron chi connectivity index (χ0n) is 60.8. The molecule has 4 heteroatoms. The lowest BCUT2D eigenvalue weighted by atomic mass is 9.68. The maximum atomic E-state index is 6.53. The van der Waals surface area contributed by atoms with Crippen molar-refractivity contribution in [2.24, 2.45) is 0 Å². The standard InChI is InChI=1S/C106H72N2OS/c1-105(2)97-66-77(52-63-88(97)89-65-62-85(68-98(89)105)108(84-56-46-73(47-57-84)70-24-9-4-10-25-70)99-38-21-37-96-102(99)94-31-15-17-36-95(94)106(96,79-26-11-5-12-27-79)80-28-13-6-14-29-80)78-53-64-91-93-35-20-33-87(104(93)110-101(91)67-78)76-50-60-83(61-51-76)107(81-54-44-74(45-55-81)72-42-40-71(41-43-72)69-22-7-3-8-23-69)82-58-48-75(49-59-82)86-32-19-34-92-90-30-16-18-39-100(90)109-103(86)92/h3-68H,1-2H3. The molecule has 2 aliphatic rings. The summed E-state index contributed by atoms with van der Waals surface area (Å²) in [6, 6.07) is 148. The predicted molar refractivity (Wildman–Crippen MR) is 463 cm³/mol. The number of hydrogen-bond acceptors (Lipinski definition) is 4. The molecular formula is C106H72N2OS.